The average Bonchev–Trinajstić information content (AvgIpc) is 2.89. The summed E-state index contributed by atoms with van der Waals surface area (Å²) >= 11 is 12.6. The van der Waals surface area contributed by atoms with E-state index in [9.17, 15) is 5.11 Å². The van der Waals surface area contributed by atoms with Gasteiger partial charge < -0.3 is 9.67 Å². The summed E-state index contributed by atoms with van der Waals surface area (Å²) in [6.45, 7) is 6.06. The molecule has 142 valence electrons. The van der Waals surface area contributed by atoms with Gasteiger partial charge in [-0.05, 0) is 45.1 Å². The van der Waals surface area contributed by atoms with Crippen LogP contribution in [0.3, 0.4) is 0 Å². The molecule has 0 saturated carbocycles. The van der Waals surface area contributed by atoms with Crippen LogP contribution in [-0.2, 0) is 0 Å². The third kappa shape index (κ3) is 4.42. The molecule has 2 atom stereocenters. The van der Waals surface area contributed by atoms with Crippen molar-refractivity contribution in [2.24, 2.45) is 0 Å². The molecule has 2 aromatic rings. The molecule has 0 amide bonds. The highest BCUT2D eigenvalue weighted by molar-refractivity contribution is 6.40. The van der Waals surface area contributed by atoms with E-state index in [4.69, 9.17) is 23.2 Å². The van der Waals surface area contributed by atoms with Crippen LogP contribution >= 0.6 is 23.2 Å². The number of rotatable bonds is 6. The fourth-order valence-corrected chi connectivity index (χ4v) is 4.27. The normalized spacial score (nSPS) is 18.0. The van der Waals surface area contributed by atoms with E-state index in [0.717, 1.165) is 30.9 Å². The van der Waals surface area contributed by atoms with E-state index in [0.29, 0.717) is 16.7 Å². The minimum absolute atomic E-state index is 0.0721. The summed E-state index contributed by atoms with van der Waals surface area (Å²) in [5, 5.41) is 11.5. The van der Waals surface area contributed by atoms with Crippen LogP contribution in [0.2, 0.25) is 10.3 Å². The molecular formula is C20H27Cl2N3O. The second-order valence-electron chi connectivity index (χ2n) is 7.19. The topological polar surface area (TPSA) is 41.3 Å². The van der Waals surface area contributed by atoms with Gasteiger partial charge in [-0.3, -0.25) is 4.90 Å². The van der Waals surface area contributed by atoms with Crippen LogP contribution in [0.1, 0.15) is 61.3 Å². The molecule has 1 N–H and O–H groups in total. The van der Waals surface area contributed by atoms with Gasteiger partial charge in [0.2, 0.25) is 0 Å². The smallest absolute Gasteiger partial charge is 0.166 e. The highest BCUT2D eigenvalue weighted by atomic mass is 35.5. The van der Waals surface area contributed by atoms with Crippen molar-refractivity contribution in [1.82, 2.24) is 14.5 Å². The Balaban J connectivity index is 1.78. The predicted molar refractivity (Wildman–Crippen MR) is 107 cm³/mol. The zero-order chi connectivity index (χ0) is 18.7. The van der Waals surface area contributed by atoms with Gasteiger partial charge >= 0.3 is 0 Å². The van der Waals surface area contributed by atoms with E-state index in [2.05, 4.69) is 16.8 Å². The third-order valence-corrected chi connectivity index (χ3v) is 5.98. The van der Waals surface area contributed by atoms with E-state index in [1.165, 1.54) is 24.8 Å². The maximum absolute atomic E-state index is 10.6. The number of hydrogen-bond donors (Lipinski definition) is 1. The summed E-state index contributed by atoms with van der Waals surface area (Å²) in [4.78, 5) is 6.78. The van der Waals surface area contributed by atoms with Crippen molar-refractivity contribution in [3.05, 3.63) is 51.5 Å². The molecule has 1 fully saturated rings. The highest BCUT2D eigenvalue weighted by Crippen LogP contribution is 2.34. The van der Waals surface area contributed by atoms with Crippen molar-refractivity contribution < 1.29 is 5.11 Å². The quantitative estimate of drug-likeness (QED) is 0.720. The summed E-state index contributed by atoms with van der Waals surface area (Å²) in [6, 6.07) is 8.08. The first kappa shape index (κ1) is 19.7. The lowest BCUT2D eigenvalue weighted by Gasteiger charge is -2.36. The maximum atomic E-state index is 10.6. The number of benzene rings is 1. The standard InChI is InChI=1S/C20H27Cl2N3O/c1-14-6-8-16(9-7-14)17(26)10-11-18(24-12-4-3-5-13-24)25-15(2)23-19(21)20(25)22/h6-9,17-18,26H,3-5,10-13H2,1-2H3. The molecular weight excluding hydrogens is 369 g/mol. The van der Waals surface area contributed by atoms with E-state index < -0.39 is 6.10 Å². The van der Waals surface area contributed by atoms with Gasteiger partial charge in [0.25, 0.3) is 0 Å². The van der Waals surface area contributed by atoms with Crippen LogP contribution in [0, 0.1) is 13.8 Å². The van der Waals surface area contributed by atoms with Crippen LogP contribution in [0.15, 0.2) is 24.3 Å². The number of piperidine rings is 1. The molecule has 0 bridgehead atoms. The van der Waals surface area contributed by atoms with Gasteiger partial charge in [-0.1, -0.05) is 59.5 Å². The first-order valence-electron chi connectivity index (χ1n) is 9.36. The van der Waals surface area contributed by atoms with Gasteiger partial charge in [-0.25, -0.2) is 4.98 Å². The molecule has 6 heteroatoms. The van der Waals surface area contributed by atoms with E-state index >= 15 is 0 Å². The number of aromatic nitrogens is 2. The Bertz CT molecular complexity index is 723. The fourth-order valence-electron chi connectivity index (χ4n) is 3.78. The lowest BCUT2D eigenvalue weighted by atomic mass is 10.0. The number of imidazole rings is 1. The molecule has 0 aliphatic carbocycles. The number of likely N-dealkylation sites (tertiary alicyclic amines) is 1. The first-order chi connectivity index (χ1) is 12.5. The largest absolute Gasteiger partial charge is 0.388 e. The zero-order valence-electron chi connectivity index (χ0n) is 15.5. The number of aliphatic hydroxyl groups excluding tert-OH is 1. The Kier molecular flexibility index (Phi) is 6.62. The molecule has 26 heavy (non-hydrogen) atoms. The first-order valence-corrected chi connectivity index (χ1v) is 10.1. The Morgan fingerprint density at radius 3 is 2.27 bits per heavy atom. The van der Waals surface area contributed by atoms with Crippen molar-refractivity contribution in [2.45, 2.75) is 58.2 Å². The Morgan fingerprint density at radius 1 is 1.04 bits per heavy atom. The number of hydrogen-bond acceptors (Lipinski definition) is 3. The Morgan fingerprint density at radius 2 is 1.69 bits per heavy atom. The lowest BCUT2D eigenvalue weighted by molar-refractivity contribution is 0.0807. The molecule has 1 aromatic carbocycles. The van der Waals surface area contributed by atoms with Crippen LogP contribution in [-0.4, -0.2) is 32.6 Å². The summed E-state index contributed by atoms with van der Waals surface area (Å²) in [7, 11) is 0. The molecule has 1 aliphatic heterocycles. The second kappa shape index (κ2) is 8.75. The van der Waals surface area contributed by atoms with Gasteiger partial charge in [0.1, 0.15) is 11.0 Å². The average molecular weight is 396 g/mol. The summed E-state index contributed by atoms with van der Waals surface area (Å²) in [5.41, 5.74) is 2.15. The van der Waals surface area contributed by atoms with Gasteiger partial charge in [0.05, 0.1) is 12.3 Å². The van der Waals surface area contributed by atoms with Crippen LogP contribution < -0.4 is 0 Å². The van der Waals surface area contributed by atoms with Crippen LogP contribution in [0.25, 0.3) is 0 Å². The summed E-state index contributed by atoms with van der Waals surface area (Å²) in [6.07, 6.45) is 4.69. The summed E-state index contributed by atoms with van der Waals surface area (Å²) in [5.74, 6) is 0.820. The van der Waals surface area contributed by atoms with E-state index in [1.807, 2.05) is 35.8 Å². The van der Waals surface area contributed by atoms with Crippen LogP contribution in [0.5, 0.6) is 0 Å². The van der Waals surface area contributed by atoms with Crippen molar-refractivity contribution in [2.75, 3.05) is 13.1 Å². The molecule has 4 nitrogen and oxygen atoms in total. The molecule has 0 spiro atoms. The minimum Gasteiger partial charge on any atom is -0.388 e. The Labute approximate surface area is 165 Å². The number of aryl methyl sites for hydroxylation is 2. The second-order valence-corrected chi connectivity index (χ2v) is 7.91. The molecule has 2 heterocycles. The number of halogens is 2. The number of aliphatic hydroxyl groups is 1. The monoisotopic (exact) mass is 395 g/mol. The lowest BCUT2D eigenvalue weighted by Crippen LogP contribution is -2.37. The van der Waals surface area contributed by atoms with E-state index in [-0.39, 0.29) is 6.17 Å². The molecule has 1 aromatic heterocycles. The molecule has 1 saturated heterocycles. The van der Waals surface area contributed by atoms with Crippen LogP contribution in [0.4, 0.5) is 0 Å². The van der Waals surface area contributed by atoms with Crippen molar-refractivity contribution in [3.63, 3.8) is 0 Å². The maximum Gasteiger partial charge on any atom is 0.166 e. The zero-order valence-corrected chi connectivity index (χ0v) is 17.0. The predicted octanol–water partition coefficient (Wildman–Crippen LogP) is 5.31. The van der Waals surface area contributed by atoms with Crippen molar-refractivity contribution >= 4 is 23.2 Å². The van der Waals surface area contributed by atoms with Gasteiger partial charge in [-0.2, -0.15) is 0 Å². The molecule has 0 radical (unpaired) electrons. The Hall–Kier alpha value is -1.07. The number of nitrogens with zero attached hydrogens (tertiary/aromatic N) is 3. The molecule has 2 unspecified atom stereocenters. The highest BCUT2D eigenvalue weighted by Gasteiger charge is 2.27. The van der Waals surface area contributed by atoms with E-state index in [1.54, 1.807) is 0 Å². The third-order valence-electron chi connectivity index (χ3n) is 5.26. The van der Waals surface area contributed by atoms with Gasteiger partial charge in [0.15, 0.2) is 5.15 Å². The summed E-state index contributed by atoms with van der Waals surface area (Å²) < 4.78 is 2.02. The fraction of sp³-hybridized carbons (Fsp3) is 0.550. The molecule has 3 rings (SSSR count). The molecule has 1 aliphatic rings. The van der Waals surface area contributed by atoms with Crippen molar-refractivity contribution in [1.29, 1.82) is 0 Å². The minimum atomic E-state index is -0.485. The SMILES string of the molecule is Cc1ccc(C(O)CCC(N2CCCCC2)n2c(C)nc(Cl)c2Cl)cc1. The van der Waals surface area contributed by atoms with Gasteiger partial charge in [-0.15, -0.1) is 0 Å². The van der Waals surface area contributed by atoms with Crippen molar-refractivity contribution in [3.8, 4) is 0 Å². The van der Waals surface area contributed by atoms with Gasteiger partial charge in [0, 0.05) is 13.1 Å².